The molecule has 1 unspecified atom stereocenters. The Kier molecular flexibility index (Phi) is 5.59. The molecule has 5 heteroatoms. The van der Waals surface area contributed by atoms with Gasteiger partial charge in [0.2, 0.25) is 5.91 Å². The highest BCUT2D eigenvalue weighted by Crippen LogP contribution is 2.26. The van der Waals surface area contributed by atoms with Crippen molar-refractivity contribution in [2.75, 3.05) is 26.7 Å². The average Bonchev–Trinajstić information content (AvgIpc) is 3.02. The second kappa shape index (κ2) is 7.43. The largest absolute Gasteiger partial charge is 0.497 e. The summed E-state index contributed by atoms with van der Waals surface area (Å²) in [4.78, 5) is 14.1. The lowest BCUT2D eigenvalue weighted by Gasteiger charge is -2.28. The molecule has 2 rings (SSSR count). The van der Waals surface area contributed by atoms with Crippen LogP contribution in [0.3, 0.4) is 0 Å². The third kappa shape index (κ3) is 4.19. The van der Waals surface area contributed by atoms with Gasteiger partial charge in [0.25, 0.3) is 0 Å². The Morgan fingerprint density at radius 1 is 1.33 bits per heavy atom. The second-order valence-corrected chi connectivity index (χ2v) is 5.57. The number of hydrogen-bond donors (Lipinski definition) is 2. The first-order valence-electron chi connectivity index (χ1n) is 7.53. The maximum Gasteiger partial charge on any atom is 0.236 e. The Balaban J connectivity index is 2.08. The number of nitrogens with zero attached hydrogens (tertiary/aromatic N) is 1. The number of hydrogen-bond acceptors (Lipinski definition) is 4. The molecule has 0 spiro atoms. The molecular weight excluding hydrogens is 266 g/mol. The number of rotatable bonds is 6. The summed E-state index contributed by atoms with van der Waals surface area (Å²) in [6.45, 7) is 4.44. The molecule has 3 N–H and O–H groups in total. The number of amides is 1. The van der Waals surface area contributed by atoms with Crippen LogP contribution in [0.4, 0.5) is 0 Å². The van der Waals surface area contributed by atoms with E-state index in [1.165, 1.54) is 18.4 Å². The van der Waals surface area contributed by atoms with Gasteiger partial charge < -0.3 is 15.8 Å². The summed E-state index contributed by atoms with van der Waals surface area (Å²) in [6, 6.07) is 7.79. The third-order valence-corrected chi connectivity index (χ3v) is 3.97. The van der Waals surface area contributed by atoms with E-state index < -0.39 is 6.04 Å². The molecule has 116 valence electrons. The van der Waals surface area contributed by atoms with Gasteiger partial charge in [0.15, 0.2) is 0 Å². The van der Waals surface area contributed by atoms with Gasteiger partial charge in [-0.15, -0.1) is 0 Å². The predicted octanol–water partition coefficient (Wildman–Crippen LogP) is 1.30. The van der Waals surface area contributed by atoms with Gasteiger partial charge in [-0.1, -0.05) is 12.1 Å². The number of carbonyl (C=O) groups excluding carboxylic acids is 1. The lowest BCUT2D eigenvalue weighted by Crippen LogP contribution is -2.43. The fraction of sp³-hybridized carbons (Fsp3) is 0.562. The first-order chi connectivity index (χ1) is 10.1. The van der Waals surface area contributed by atoms with Crippen LogP contribution in [0, 0.1) is 0 Å². The SMILES string of the molecule is COc1ccc(C(CNC(=O)[C@@H](C)N)N2CCCC2)cc1. The van der Waals surface area contributed by atoms with Gasteiger partial charge in [0.05, 0.1) is 19.2 Å². The molecule has 1 heterocycles. The zero-order chi connectivity index (χ0) is 15.2. The molecule has 1 aliphatic rings. The monoisotopic (exact) mass is 291 g/mol. The molecule has 21 heavy (non-hydrogen) atoms. The molecule has 1 aromatic carbocycles. The van der Waals surface area contributed by atoms with Crippen molar-refractivity contribution >= 4 is 5.91 Å². The van der Waals surface area contributed by atoms with E-state index in [4.69, 9.17) is 10.5 Å². The topological polar surface area (TPSA) is 67.6 Å². The fourth-order valence-electron chi connectivity index (χ4n) is 2.70. The molecule has 1 amide bonds. The second-order valence-electron chi connectivity index (χ2n) is 5.57. The van der Waals surface area contributed by atoms with Crippen LogP contribution in [-0.4, -0.2) is 43.6 Å². The van der Waals surface area contributed by atoms with E-state index in [-0.39, 0.29) is 11.9 Å². The van der Waals surface area contributed by atoms with Gasteiger partial charge in [-0.25, -0.2) is 0 Å². The van der Waals surface area contributed by atoms with Crippen LogP contribution in [-0.2, 0) is 4.79 Å². The molecule has 0 saturated carbocycles. The van der Waals surface area contributed by atoms with E-state index in [0.29, 0.717) is 6.54 Å². The summed E-state index contributed by atoms with van der Waals surface area (Å²) in [6.07, 6.45) is 2.43. The highest BCUT2D eigenvalue weighted by Gasteiger charge is 2.24. The maximum absolute atomic E-state index is 11.7. The molecule has 0 aliphatic carbocycles. The number of likely N-dealkylation sites (tertiary alicyclic amines) is 1. The van der Waals surface area contributed by atoms with Crippen molar-refractivity contribution in [2.24, 2.45) is 5.73 Å². The van der Waals surface area contributed by atoms with Crippen molar-refractivity contribution in [3.05, 3.63) is 29.8 Å². The zero-order valence-corrected chi connectivity index (χ0v) is 12.8. The van der Waals surface area contributed by atoms with Crippen molar-refractivity contribution < 1.29 is 9.53 Å². The minimum atomic E-state index is -0.472. The van der Waals surface area contributed by atoms with Crippen LogP contribution < -0.4 is 15.8 Å². The number of ether oxygens (including phenoxy) is 1. The van der Waals surface area contributed by atoms with Gasteiger partial charge in [0, 0.05) is 6.54 Å². The van der Waals surface area contributed by atoms with Crippen molar-refractivity contribution in [1.82, 2.24) is 10.2 Å². The Morgan fingerprint density at radius 3 is 2.48 bits per heavy atom. The Morgan fingerprint density at radius 2 is 1.95 bits per heavy atom. The molecule has 0 bridgehead atoms. The van der Waals surface area contributed by atoms with Crippen LogP contribution in [0.2, 0.25) is 0 Å². The molecule has 1 aromatic rings. The maximum atomic E-state index is 11.7. The lowest BCUT2D eigenvalue weighted by atomic mass is 10.0. The highest BCUT2D eigenvalue weighted by atomic mass is 16.5. The Bertz CT molecular complexity index is 453. The molecule has 5 nitrogen and oxygen atoms in total. The Labute approximate surface area is 126 Å². The summed E-state index contributed by atoms with van der Waals surface area (Å²) in [5.41, 5.74) is 6.81. The van der Waals surface area contributed by atoms with E-state index in [0.717, 1.165) is 18.8 Å². The van der Waals surface area contributed by atoms with Gasteiger partial charge in [-0.3, -0.25) is 9.69 Å². The number of methoxy groups -OCH3 is 1. The number of benzene rings is 1. The first kappa shape index (κ1) is 15.8. The van der Waals surface area contributed by atoms with Crippen molar-refractivity contribution in [1.29, 1.82) is 0 Å². The number of nitrogens with two attached hydrogens (primary N) is 1. The summed E-state index contributed by atoms with van der Waals surface area (Å²) in [5.74, 6) is 0.742. The molecular formula is C16H25N3O2. The van der Waals surface area contributed by atoms with Crippen molar-refractivity contribution in [3.63, 3.8) is 0 Å². The average molecular weight is 291 g/mol. The summed E-state index contributed by atoms with van der Waals surface area (Å²) >= 11 is 0. The van der Waals surface area contributed by atoms with E-state index in [1.54, 1.807) is 14.0 Å². The van der Waals surface area contributed by atoms with E-state index in [2.05, 4.69) is 22.3 Å². The van der Waals surface area contributed by atoms with Crippen LogP contribution >= 0.6 is 0 Å². The Hall–Kier alpha value is -1.59. The smallest absolute Gasteiger partial charge is 0.236 e. The van der Waals surface area contributed by atoms with Crippen LogP contribution in [0.25, 0.3) is 0 Å². The molecule has 0 radical (unpaired) electrons. The quantitative estimate of drug-likeness (QED) is 0.829. The summed E-state index contributed by atoms with van der Waals surface area (Å²) in [5, 5.41) is 2.95. The molecule has 1 fully saturated rings. The van der Waals surface area contributed by atoms with E-state index in [9.17, 15) is 4.79 Å². The van der Waals surface area contributed by atoms with Crippen LogP contribution in [0.15, 0.2) is 24.3 Å². The standard InChI is InChI=1S/C16H25N3O2/c1-12(17)16(20)18-11-15(19-9-3-4-10-19)13-5-7-14(21-2)8-6-13/h5-8,12,15H,3-4,9-11,17H2,1-2H3,(H,18,20)/t12-,15?/m1/s1. The normalized spacial score (nSPS) is 18.2. The van der Waals surface area contributed by atoms with E-state index >= 15 is 0 Å². The molecule has 0 aromatic heterocycles. The van der Waals surface area contributed by atoms with Gasteiger partial charge >= 0.3 is 0 Å². The molecule has 2 atom stereocenters. The van der Waals surface area contributed by atoms with Gasteiger partial charge in [-0.05, 0) is 50.6 Å². The third-order valence-electron chi connectivity index (χ3n) is 3.97. The van der Waals surface area contributed by atoms with Crippen molar-refractivity contribution in [2.45, 2.75) is 31.8 Å². The molecule has 1 saturated heterocycles. The summed E-state index contributed by atoms with van der Waals surface area (Å²) in [7, 11) is 1.66. The van der Waals surface area contributed by atoms with Crippen molar-refractivity contribution in [3.8, 4) is 5.75 Å². The highest BCUT2D eigenvalue weighted by molar-refractivity contribution is 5.80. The fourth-order valence-corrected chi connectivity index (χ4v) is 2.70. The lowest BCUT2D eigenvalue weighted by molar-refractivity contribution is -0.122. The van der Waals surface area contributed by atoms with E-state index in [1.807, 2.05) is 12.1 Å². The molecule has 1 aliphatic heterocycles. The first-order valence-corrected chi connectivity index (χ1v) is 7.53. The minimum absolute atomic E-state index is 0.104. The van der Waals surface area contributed by atoms with Gasteiger partial charge in [-0.2, -0.15) is 0 Å². The van der Waals surface area contributed by atoms with Crippen LogP contribution in [0.1, 0.15) is 31.4 Å². The predicted molar refractivity (Wildman–Crippen MR) is 83.2 cm³/mol. The zero-order valence-electron chi connectivity index (χ0n) is 12.8. The summed E-state index contributed by atoms with van der Waals surface area (Å²) < 4.78 is 5.20. The van der Waals surface area contributed by atoms with Gasteiger partial charge in [0.1, 0.15) is 5.75 Å². The number of carbonyl (C=O) groups is 1. The minimum Gasteiger partial charge on any atom is -0.497 e. The van der Waals surface area contributed by atoms with Crippen LogP contribution in [0.5, 0.6) is 5.75 Å². The number of nitrogens with one attached hydrogen (secondary N) is 1.